The maximum atomic E-state index is 12.1. The molecule has 2 aromatic rings. The van der Waals surface area contributed by atoms with E-state index in [2.05, 4.69) is 26.2 Å². The molecule has 0 spiro atoms. The molecule has 0 bridgehead atoms. The summed E-state index contributed by atoms with van der Waals surface area (Å²) in [5, 5.41) is 3.13. The number of fused-ring (bicyclic) bond motifs is 1. The number of aromatic nitrogens is 1. The number of nitrogens with zero attached hydrogens (tertiary/aromatic N) is 2. The Morgan fingerprint density at radius 3 is 3.05 bits per heavy atom. The van der Waals surface area contributed by atoms with Crippen LogP contribution in [0.1, 0.15) is 5.56 Å². The highest BCUT2D eigenvalue weighted by Crippen LogP contribution is 2.33. The van der Waals surface area contributed by atoms with E-state index in [-0.39, 0.29) is 5.91 Å². The zero-order valence-electron chi connectivity index (χ0n) is 10.1. The number of nitrogens with one attached hydrogen (secondary N) is 1. The monoisotopic (exact) mass is 317 g/mol. The van der Waals surface area contributed by atoms with Crippen LogP contribution in [0.2, 0.25) is 0 Å². The van der Waals surface area contributed by atoms with Crippen molar-refractivity contribution in [1.82, 2.24) is 4.98 Å². The van der Waals surface area contributed by atoms with Gasteiger partial charge in [0.15, 0.2) is 0 Å². The number of halogens is 1. The van der Waals surface area contributed by atoms with Crippen molar-refractivity contribution in [2.75, 3.05) is 16.8 Å². The van der Waals surface area contributed by atoms with Crippen LogP contribution in [0.3, 0.4) is 0 Å². The molecule has 2 heterocycles. The minimum absolute atomic E-state index is 0.0643. The van der Waals surface area contributed by atoms with Crippen LogP contribution < -0.4 is 10.2 Å². The molecule has 0 radical (unpaired) electrons. The molecule has 0 unspecified atom stereocenters. The van der Waals surface area contributed by atoms with E-state index in [1.165, 1.54) is 0 Å². The smallest absolute Gasteiger partial charge is 0.246 e. The number of pyridine rings is 1. The lowest BCUT2D eigenvalue weighted by Gasteiger charge is -2.30. The lowest BCUT2D eigenvalue weighted by molar-refractivity contribution is -0.117. The molecule has 19 heavy (non-hydrogen) atoms. The Kier molecular flexibility index (Phi) is 3.21. The summed E-state index contributed by atoms with van der Waals surface area (Å²) in [5.74, 6) is 0.0643. The Labute approximate surface area is 119 Å². The minimum atomic E-state index is 0.0643. The van der Waals surface area contributed by atoms with Crippen molar-refractivity contribution in [1.29, 1.82) is 0 Å². The number of amides is 1. The van der Waals surface area contributed by atoms with E-state index in [0.29, 0.717) is 13.1 Å². The first kappa shape index (κ1) is 12.2. The quantitative estimate of drug-likeness (QED) is 0.926. The third-order valence-corrected chi connectivity index (χ3v) is 3.54. The van der Waals surface area contributed by atoms with Crippen molar-refractivity contribution in [2.24, 2.45) is 0 Å². The van der Waals surface area contributed by atoms with Crippen LogP contribution in [-0.4, -0.2) is 17.4 Å². The summed E-state index contributed by atoms with van der Waals surface area (Å²) in [5.41, 5.74) is 2.89. The molecule has 1 aromatic heterocycles. The van der Waals surface area contributed by atoms with Crippen LogP contribution in [0, 0.1) is 0 Å². The highest BCUT2D eigenvalue weighted by molar-refractivity contribution is 9.10. The number of carbonyl (C=O) groups is 1. The first-order chi connectivity index (χ1) is 9.24. The Bertz CT molecular complexity index is 615. The van der Waals surface area contributed by atoms with Gasteiger partial charge in [-0.1, -0.05) is 22.0 Å². The maximum Gasteiger partial charge on any atom is 0.246 e. The Morgan fingerprint density at radius 2 is 2.26 bits per heavy atom. The SMILES string of the molecule is O=C1CNc2ccc(Br)cc2N1Cc1cccnc1. The molecule has 4 nitrogen and oxygen atoms in total. The van der Waals surface area contributed by atoms with Gasteiger partial charge in [-0.2, -0.15) is 0 Å². The first-order valence-corrected chi connectivity index (χ1v) is 6.76. The summed E-state index contributed by atoms with van der Waals surface area (Å²) in [7, 11) is 0. The van der Waals surface area contributed by atoms with Gasteiger partial charge in [0, 0.05) is 16.9 Å². The Hall–Kier alpha value is -1.88. The second-order valence-corrected chi connectivity index (χ2v) is 5.27. The van der Waals surface area contributed by atoms with Crippen LogP contribution >= 0.6 is 15.9 Å². The topological polar surface area (TPSA) is 45.2 Å². The Balaban J connectivity index is 1.97. The molecule has 1 aromatic carbocycles. The van der Waals surface area contributed by atoms with E-state index >= 15 is 0 Å². The fourth-order valence-electron chi connectivity index (χ4n) is 2.13. The largest absolute Gasteiger partial charge is 0.374 e. The molecule has 96 valence electrons. The van der Waals surface area contributed by atoms with Crippen LogP contribution in [0.5, 0.6) is 0 Å². The van der Waals surface area contributed by atoms with Gasteiger partial charge in [-0.05, 0) is 29.8 Å². The van der Waals surface area contributed by atoms with E-state index in [9.17, 15) is 4.79 Å². The van der Waals surface area contributed by atoms with Gasteiger partial charge in [0.25, 0.3) is 0 Å². The fourth-order valence-corrected chi connectivity index (χ4v) is 2.47. The van der Waals surface area contributed by atoms with Crippen molar-refractivity contribution < 1.29 is 4.79 Å². The van der Waals surface area contributed by atoms with Crippen molar-refractivity contribution in [3.8, 4) is 0 Å². The number of carbonyl (C=O) groups excluding carboxylic acids is 1. The van der Waals surface area contributed by atoms with Gasteiger partial charge in [-0.25, -0.2) is 0 Å². The third-order valence-electron chi connectivity index (χ3n) is 3.05. The lowest BCUT2D eigenvalue weighted by Crippen LogP contribution is -2.39. The van der Waals surface area contributed by atoms with Crippen LogP contribution in [0.25, 0.3) is 0 Å². The molecule has 0 fully saturated rings. The fraction of sp³-hybridized carbons (Fsp3) is 0.143. The number of rotatable bonds is 2. The molecular formula is C14H12BrN3O. The summed E-state index contributed by atoms with van der Waals surface area (Å²) >= 11 is 3.45. The Morgan fingerprint density at radius 1 is 1.37 bits per heavy atom. The lowest BCUT2D eigenvalue weighted by atomic mass is 10.1. The van der Waals surface area contributed by atoms with Gasteiger partial charge < -0.3 is 10.2 Å². The highest BCUT2D eigenvalue weighted by atomic mass is 79.9. The van der Waals surface area contributed by atoms with Crippen LogP contribution in [0.4, 0.5) is 11.4 Å². The van der Waals surface area contributed by atoms with Gasteiger partial charge in [0.1, 0.15) is 0 Å². The van der Waals surface area contributed by atoms with E-state index in [1.54, 1.807) is 17.3 Å². The summed E-state index contributed by atoms with van der Waals surface area (Å²) in [6.07, 6.45) is 3.51. The van der Waals surface area contributed by atoms with E-state index in [4.69, 9.17) is 0 Å². The van der Waals surface area contributed by atoms with Gasteiger partial charge in [0.2, 0.25) is 5.91 Å². The molecule has 0 saturated carbocycles. The van der Waals surface area contributed by atoms with E-state index in [0.717, 1.165) is 21.4 Å². The first-order valence-electron chi connectivity index (χ1n) is 5.97. The summed E-state index contributed by atoms with van der Waals surface area (Å²) in [6.45, 7) is 0.868. The predicted octanol–water partition coefficient (Wildman–Crippen LogP) is 2.80. The standard InChI is InChI=1S/C14H12BrN3O/c15-11-3-4-12-13(6-11)18(14(19)8-17-12)9-10-2-1-5-16-7-10/h1-7,17H,8-9H2. The van der Waals surface area contributed by atoms with Crippen molar-refractivity contribution >= 4 is 33.2 Å². The summed E-state index contributed by atoms with van der Waals surface area (Å²) in [4.78, 5) is 18.0. The second kappa shape index (κ2) is 5.01. The van der Waals surface area contributed by atoms with E-state index < -0.39 is 0 Å². The van der Waals surface area contributed by atoms with Crippen molar-refractivity contribution in [2.45, 2.75) is 6.54 Å². The molecule has 1 N–H and O–H groups in total. The average Bonchev–Trinajstić information content (AvgIpc) is 2.43. The molecule has 0 atom stereocenters. The van der Waals surface area contributed by atoms with Crippen molar-refractivity contribution in [3.05, 3.63) is 52.8 Å². The van der Waals surface area contributed by atoms with Crippen molar-refractivity contribution in [3.63, 3.8) is 0 Å². The van der Waals surface area contributed by atoms with Gasteiger partial charge in [-0.3, -0.25) is 9.78 Å². The third kappa shape index (κ3) is 2.46. The zero-order valence-corrected chi connectivity index (χ0v) is 11.7. The zero-order chi connectivity index (χ0) is 13.2. The molecule has 0 aliphatic carbocycles. The van der Waals surface area contributed by atoms with Crippen LogP contribution in [0.15, 0.2) is 47.2 Å². The molecule has 1 aliphatic rings. The molecule has 3 rings (SSSR count). The number of hydrogen-bond donors (Lipinski definition) is 1. The molecular weight excluding hydrogens is 306 g/mol. The van der Waals surface area contributed by atoms with Gasteiger partial charge in [0.05, 0.1) is 24.5 Å². The average molecular weight is 318 g/mol. The highest BCUT2D eigenvalue weighted by Gasteiger charge is 2.24. The summed E-state index contributed by atoms with van der Waals surface area (Å²) in [6, 6.07) is 9.74. The summed E-state index contributed by atoms with van der Waals surface area (Å²) < 4.78 is 0.957. The number of hydrogen-bond acceptors (Lipinski definition) is 3. The molecule has 1 aliphatic heterocycles. The normalized spacial score (nSPS) is 13.9. The second-order valence-electron chi connectivity index (χ2n) is 4.36. The van der Waals surface area contributed by atoms with Gasteiger partial charge in [-0.15, -0.1) is 0 Å². The number of benzene rings is 1. The maximum absolute atomic E-state index is 12.1. The molecule has 5 heteroatoms. The minimum Gasteiger partial charge on any atom is -0.374 e. The molecule has 0 saturated heterocycles. The molecule has 1 amide bonds. The van der Waals surface area contributed by atoms with Crippen LogP contribution in [-0.2, 0) is 11.3 Å². The number of anilines is 2. The van der Waals surface area contributed by atoms with Gasteiger partial charge >= 0.3 is 0 Å². The van der Waals surface area contributed by atoms with E-state index in [1.807, 2.05) is 30.3 Å². The predicted molar refractivity (Wildman–Crippen MR) is 78.1 cm³/mol.